The fourth-order valence-electron chi connectivity index (χ4n) is 0.670. The van der Waals surface area contributed by atoms with Crippen LogP contribution in [0.2, 0.25) is 0 Å². The maximum atomic E-state index is 5.65. The van der Waals surface area contributed by atoms with Crippen LogP contribution < -0.4 is 11.5 Å². The van der Waals surface area contributed by atoms with Gasteiger partial charge in [-0.15, -0.1) is 0 Å². The molecule has 0 aromatic heterocycles. The standard InChI is InChI=1S/C9H16N2/c1-5-6(2)7(3)9(11)8(4)10/h5H,4,10-11H2,1-3H3/b6-5-,9-7+. The summed E-state index contributed by atoms with van der Waals surface area (Å²) >= 11 is 0. The van der Waals surface area contributed by atoms with Gasteiger partial charge in [-0.3, -0.25) is 0 Å². The van der Waals surface area contributed by atoms with Gasteiger partial charge in [-0.2, -0.15) is 0 Å². The molecule has 2 heteroatoms. The van der Waals surface area contributed by atoms with Crippen LogP contribution in [0.5, 0.6) is 0 Å². The lowest BCUT2D eigenvalue weighted by Gasteiger charge is -2.06. The summed E-state index contributed by atoms with van der Waals surface area (Å²) < 4.78 is 0. The maximum absolute atomic E-state index is 5.65. The van der Waals surface area contributed by atoms with Crippen LogP contribution in [0.4, 0.5) is 0 Å². The summed E-state index contributed by atoms with van der Waals surface area (Å²) in [6.45, 7) is 9.45. The Morgan fingerprint density at radius 3 is 2.00 bits per heavy atom. The molecule has 62 valence electrons. The first-order valence-corrected chi connectivity index (χ1v) is 3.55. The Labute approximate surface area is 68.3 Å². The van der Waals surface area contributed by atoms with Gasteiger partial charge in [-0.05, 0) is 26.3 Å². The zero-order valence-corrected chi connectivity index (χ0v) is 7.44. The Kier molecular flexibility index (Phi) is 3.45. The van der Waals surface area contributed by atoms with Crippen LogP contribution in [0.15, 0.2) is 35.2 Å². The molecular formula is C9H16N2. The molecule has 0 unspecified atom stereocenters. The van der Waals surface area contributed by atoms with Crippen molar-refractivity contribution in [3.05, 3.63) is 35.2 Å². The highest BCUT2D eigenvalue weighted by Crippen LogP contribution is 2.12. The minimum absolute atomic E-state index is 0.434. The molecule has 0 fully saturated rings. The van der Waals surface area contributed by atoms with Gasteiger partial charge >= 0.3 is 0 Å². The van der Waals surface area contributed by atoms with Crippen LogP contribution in [0.25, 0.3) is 0 Å². The van der Waals surface area contributed by atoms with E-state index in [4.69, 9.17) is 11.5 Å². The summed E-state index contributed by atoms with van der Waals surface area (Å²) in [5, 5.41) is 0. The molecule has 0 bridgehead atoms. The van der Waals surface area contributed by atoms with E-state index in [1.54, 1.807) is 0 Å². The second-order valence-corrected chi connectivity index (χ2v) is 2.54. The van der Waals surface area contributed by atoms with Gasteiger partial charge in [0.1, 0.15) is 0 Å². The van der Waals surface area contributed by atoms with Crippen molar-refractivity contribution in [2.24, 2.45) is 11.5 Å². The molecule has 0 saturated heterocycles. The molecular weight excluding hydrogens is 136 g/mol. The average Bonchev–Trinajstić information content (AvgIpc) is 2.00. The van der Waals surface area contributed by atoms with Gasteiger partial charge in [-0.25, -0.2) is 0 Å². The molecule has 11 heavy (non-hydrogen) atoms. The largest absolute Gasteiger partial charge is 0.398 e. The van der Waals surface area contributed by atoms with Crippen molar-refractivity contribution in [2.45, 2.75) is 20.8 Å². The van der Waals surface area contributed by atoms with E-state index in [-0.39, 0.29) is 0 Å². The third kappa shape index (κ3) is 2.50. The minimum Gasteiger partial charge on any atom is -0.398 e. The smallest absolute Gasteiger partial charge is 0.0573 e. The average molecular weight is 152 g/mol. The van der Waals surface area contributed by atoms with Gasteiger partial charge in [0.2, 0.25) is 0 Å². The summed E-state index contributed by atoms with van der Waals surface area (Å²) in [4.78, 5) is 0. The molecule has 0 amide bonds. The molecule has 0 aromatic rings. The molecule has 0 atom stereocenters. The van der Waals surface area contributed by atoms with Gasteiger partial charge in [0.15, 0.2) is 0 Å². The van der Waals surface area contributed by atoms with E-state index >= 15 is 0 Å². The second-order valence-electron chi connectivity index (χ2n) is 2.54. The molecule has 0 aliphatic heterocycles. The Balaban J connectivity index is 4.81. The molecule has 2 nitrogen and oxygen atoms in total. The van der Waals surface area contributed by atoms with Crippen molar-refractivity contribution in [1.29, 1.82) is 0 Å². The Morgan fingerprint density at radius 2 is 1.73 bits per heavy atom. The lowest BCUT2D eigenvalue weighted by atomic mass is 10.1. The fraction of sp³-hybridized carbons (Fsp3) is 0.333. The number of allylic oxidation sites excluding steroid dienone is 3. The molecule has 0 aliphatic carbocycles. The van der Waals surface area contributed by atoms with Crippen LogP contribution in [-0.4, -0.2) is 0 Å². The summed E-state index contributed by atoms with van der Waals surface area (Å²) in [5.41, 5.74) is 14.2. The first-order chi connectivity index (χ1) is 5.00. The zero-order chi connectivity index (χ0) is 9.02. The topological polar surface area (TPSA) is 52.0 Å². The minimum atomic E-state index is 0.434. The SMILES string of the molecule is C=C(N)/C(N)=C(C)\C(C)=C/C. The Morgan fingerprint density at radius 1 is 1.27 bits per heavy atom. The van der Waals surface area contributed by atoms with Crippen molar-refractivity contribution in [3.8, 4) is 0 Å². The molecule has 0 heterocycles. The zero-order valence-electron chi connectivity index (χ0n) is 7.44. The van der Waals surface area contributed by atoms with Gasteiger partial charge in [0.05, 0.1) is 5.70 Å². The van der Waals surface area contributed by atoms with Crippen molar-refractivity contribution in [2.75, 3.05) is 0 Å². The molecule has 0 aliphatic rings. The highest BCUT2D eigenvalue weighted by molar-refractivity contribution is 5.38. The maximum Gasteiger partial charge on any atom is 0.0573 e. The van der Waals surface area contributed by atoms with Crippen LogP contribution in [0, 0.1) is 0 Å². The third-order valence-electron chi connectivity index (χ3n) is 1.77. The quantitative estimate of drug-likeness (QED) is 0.591. The summed E-state index contributed by atoms with van der Waals surface area (Å²) in [6, 6.07) is 0. The second kappa shape index (κ2) is 3.86. The Hall–Kier alpha value is -1.18. The van der Waals surface area contributed by atoms with Crippen LogP contribution in [0.1, 0.15) is 20.8 Å². The fourth-order valence-corrected chi connectivity index (χ4v) is 0.670. The van der Waals surface area contributed by atoms with Crippen molar-refractivity contribution in [1.82, 2.24) is 0 Å². The van der Waals surface area contributed by atoms with Crippen molar-refractivity contribution < 1.29 is 0 Å². The molecule has 0 rings (SSSR count). The van der Waals surface area contributed by atoms with Crippen molar-refractivity contribution in [3.63, 3.8) is 0 Å². The predicted octanol–water partition coefficient (Wildman–Crippen LogP) is 1.66. The number of nitrogens with two attached hydrogens (primary N) is 2. The first-order valence-electron chi connectivity index (χ1n) is 3.55. The van der Waals surface area contributed by atoms with Crippen LogP contribution in [-0.2, 0) is 0 Å². The summed E-state index contributed by atoms with van der Waals surface area (Å²) in [5.74, 6) is 0. The van der Waals surface area contributed by atoms with Gasteiger partial charge in [0, 0.05) is 5.70 Å². The third-order valence-corrected chi connectivity index (χ3v) is 1.77. The highest BCUT2D eigenvalue weighted by atomic mass is 14.7. The lowest BCUT2D eigenvalue weighted by molar-refractivity contribution is 1.17. The number of hydrogen-bond acceptors (Lipinski definition) is 2. The molecule has 0 spiro atoms. The van der Waals surface area contributed by atoms with Crippen LogP contribution in [0.3, 0.4) is 0 Å². The van der Waals surface area contributed by atoms with E-state index in [2.05, 4.69) is 6.58 Å². The lowest BCUT2D eigenvalue weighted by Crippen LogP contribution is -2.10. The van der Waals surface area contributed by atoms with E-state index in [1.165, 1.54) is 0 Å². The van der Waals surface area contributed by atoms with E-state index in [9.17, 15) is 0 Å². The van der Waals surface area contributed by atoms with E-state index in [1.807, 2.05) is 26.8 Å². The first kappa shape index (κ1) is 9.82. The van der Waals surface area contributed by atoms with Gasteiger partial charge in [0.25, 0.3) is 0 Å². The Bertz CT molecular complexity index is 222. The normalized spacial score (nSPS) is 14.3. The number of rotatable bonds is 2. The van der Waals surface area contributed by atoms with E-state index in [0.29, 0.717) is 11.4 Å². The predicted molar refractivity (Wildman–Crippen MR) is 49.6 cm³/mol. The van der Waals surface area contributed by atoms with E-state index in [0.717, 1.165) is 11.1 Å². The van der Waals surface area contributed by atoms with Gasteiger partial charge < -0.3 is 11.5 Å². The van der Waals surface area contributed by atoms with Crippen molar-refractivity contribution >= 4 is 0 Å². The summed E-state index contributed by atoms with van der Waals surface area (Å²) in [6.07, 6.45) is 1.99. The monoisotopic (exact) mass is 152 g/mol. The molecule has 0 radical (unpaired) electrons. The van der Waals surface area contributed by atoms with E-state index < -0.39 is 0 Å². The molecule has 0 aromatic carbocycles. The van der Waals surface area contributed by atoms with Crippen LogP contribution >= 0.6 is 0 Å². The van der Waals surface area contributed by atoms with Gasteiger partial charge in [-0.1, -0.05) is 18.2 Å². The summed E-state index contributed by atoms with van der Waals surface area (Å²) in [7, 11) is 0. The highest BCUT2D eigenvalue weighted by Gasteiger charge is 1.99. The molecule has 0 saturated carbocycles. The molecule has 4 N–H and O–H groups in total. The number of hydrogen-bond donors (Lipinski definition) is 2.